The van der Waals surface area contributed by atoms with Crippen molar-refractivity contribution in [1.82, 2.24) is 15.1 Å². The molecule has 0 bridgehead atoms. The van der Waals surface area contributed by atoms with Crippen LogP contribution < -0.4 is 11.1 Å². The Morgan fingerprint density at radius 2 is 1.70 bits per heavy atom. The van der Waals surface area contributed by atoms with E-state index in [0.717, 1.165) is 26.2 Å². The molecule has 2 rings (SSSR count). The molecular weight excluding hydrogens is 250 g/mol. The molecule has 3 N–H and O–H groups in total. The van der Waals surface area contributed by atoms with Gasteiger partial charge in [-0.15, -0.1) is 0 Å². The molecule has 0 amide bonds. The lowest BCUT2D eigenvalue weighted by Gasteiger charge is -2.23. The van der Waals surface area contributed by atoms with Crippen LogP contribution in [-0.4, -0.2) is 67.1 Å². The van der Waals surface area contributed by atoms with E-state index in [9.17, 15) is 0 Å². The molecule has 2 unspecified atom stereocenters. The second-order valence-corrected chi connectivity index (χ2v) is 5.96. The molecule has 0 aromatic rings. The summed E-state index contributed by atoms with van der Waals surface area (Å²) < 4.78 is 0. The summed E-state index contributed by atoms with van der Waals surface area (Å²) in [7, 11) is 0. The Bertz CT molecular complexity index is 317. The predicted octanol–water partition coefficient (Wildman–Crippen LogP) is 0.859. The van der Waals surface area contributed by atoms with E-state index < -0.39 is 0 Å². The lowest BCUT2D eigenvalue weighted by molar-refractivity contribution is 0.266. The summed E-state index contributed by atoms with van der Waals surface area (Å²) in [6.07, 6.45) is 5.15. The van der Waals surface area contributed by atoms with Crippen LogP contribution >= 0.6 is 0 Å². The van der Waals surface area contributed by atoms with Crippen LogP contribution in [0.15, 0.2) is 4.99 Å². The van der Waals surface area contributed by atoms with E-state index in [0.29, 0.717) is 18.0 Å². The SMILES string of the molecule is CCN1CCCC1CN=C(N)NCC1CCCN1CC. The maximum atomic E-state index is 6.01. The van der Waals surface area contributed by atoms with Gasteiger partial charge in [0.2, 0.25) is 0 Å². The van der Waals surface area contributed by atoms with Crippen LogP contribution in [0.3, 0.4) is 0 Å². The van der Waals surface area contributed by atoms with Crippen molar-refractivity contribution in [2.45, 2.75) is 51.6 Å². The first kappa shape index (κ1) is 15.6. The van der Waals surface area contributed by atoms with Gasteiger partial charge in [-0.1, -0.05) is 13.8 Å². The van der Waals surface area contributed by atoms with Gasteiger partial charge in [0, 0.05) is 18.6 Å². The predicted molar refractivity (Wildman–Crippen MR) is 85.0 cm³/mol. The van der Waals surface area contributed by atoms with Gasteiger partial charge in [-0.2, -0.15) is 0 Å². The second kappa shape index (κ2) is 7.84. The number of likely N-dealkylation sites (tertiary alicyclic amines) is 2. The maximum Gasteiger partial charge on any atom is 0.188 e. The fourth-order valence-electron chi connectivity index (χ4n) is 3.54. The first-order chi connectivity index (χ1) is 9.74. The molecule has 0 spiro atoms. The highest BCUT2D eigenvalue weighted by Gasteiger charge is 2.23. The number of likely N-dealkylation sites (N-methyl/N-ethyl adjacent to an activating group) is 2. The number of hydrogen-bond acceptors (Lipinski definition) is 3. The minimum absolute atomic E-state index is 0.596. The smallest absolute Gasteiger partial charge is 0.188 e. The van der Waals surface area contributed by atoms with Gasteiger partial charge in [-0.25, -0.2) is 0 Å². The molecule has 5 heteroatoms. The highest BCUT2D eigenvalue weighted by molar-refractivity contribution is 5.77. The normalized spacial score (nSPS) is 29.2. The largest absolute Gasteiger partial charge is 0.370 e. The molecule has 20 heavy (non-hydrogen) atoms. The van der Waals surface area contributed by atoms with Crippen molar-refractivity contribution in [2.24, 2.45) is 10.7 Å². The van der Waals surface area contributed by atoms with Crippen LogP contribution in [0.4, 0.5) is 0 Å². The quantitative estimate of drug-likeness (QED) is 0.560. The van der Waals surface area contributed by atoms with E-state index in [1.165, 1.54) is 38.8 Å². The Kier molecular flexibility index (Phi) is 6.10. The van der Waals surface area contributed by atoms with Crippen molar-refractivity contribution in [3.05, 3.63) is 0 Å². The van der Waals surface area contributed by atoms with Crippen LogP contribution in [0.5, 0.6) is 0 Å². The first-order valence-corrected chi connectivity index (χ1v) is 8.26. The number of hydrogen-bond donors (Lipinski definition) is 2. The summed E-state index contributed by atoms with van der Waals surface area (Å²) in [5.74, 6) is 0.621. The molecule has 2 fully saturated rings. The van der Waals surface area contributed by atoms with Crippen molar-refractivity contribution < 1.29 is 0 Å². The minimum atomic E-state index is 0.596. The highest BCUT2D eigenvalue weighted by Crippen LogP contribution is 2.17. The number of aliphatic imine (C=N–C) groups is 1. The van der Waals surface area contributed by atoms with E-state index in [4.69, 9.17) is 5.73 Å². The summed E-state index contributed by atoms with van der Waals surface area (Å²) in [5.41, 5.74) is 6.01. The van der Waals surface area contributed by atoms with Crippen molar-refractivity contribution in [1.29, 1.82) is 0 Å². The Labute approximate surface area is 123 Å². The van der Waals surface area contributed by atoms with E-state index in [1.807, 2.05) is 0 Å². The van der Waals surface area contributed by atoms with Crippen LogP contribution in [-0.2, 0) is 0 Å². The topological polar surface area (TPSA) is 56.9 Å². The van der Waals surface area contributed by atoms with Crippen LogP contribution in [0.1, 0.15) is 39.5 Å². The molecule has 2 aliphatic heterocycles. The Hall–Kier alpha value is -0.810. The van der Waals surface area contributed by atoms with E-state index in [1.54, 1.807) is 0 Å². The van der Waals surface area contributed by atoms with E-state index in [-0.39, 0.29) is 0 Å². The molecule has 116 valence electrons. The first-order valence-electron chi connectivity index (χ1n) is 8.26. The third-order valence-corrected chi connectivity index (χ3v) is 4.80. The standard InChI is InChI=1S/C15H31N5/c1-3-19-9-5-7-13(19)11-17-15(16)18-12-14-8-6-10-20(14)4-2/h13-14H,3-12H2,1-2H3,(H3,16,17,18). The van der Waals surface area contributed by atoms with E-state index in [2.05, 4.69) is 34.0 Å². The molecule has 2 atom stereocenters. The van der Waals surface area contributed by atoms with E-state index >= 15 is 0 Å². The van der Waals surface area contributed by atoms with Gasteiger partial charge in [-0.3, -0.25) is 14.8 Å². The minimum Gasteiger partial charge on any atom is -0.370 e. The zero-order chi connectivity index (χ0) is 14.4. The molecule has 0 radical (unpaired) electrons. The molecule has 0 aromatic heterocycles. The van der Waals surface area contributed by atoms with Crippen molar-refractivity contribution in [3.8, 4) is 0 Å². The van der Waals surface area contributed by atoms with Crippen LogP contribution in [0, 0.1) is 0 Å². The van der Waals surface area contributed by atoms with Gasteiger partial charge in [0.05, 0.1) is 6.54 Å². The number of guanidine groups is 1. The van der Waals surface area contributed by atoms with Crippen LogP contribution in [0.2, 0.25) is 0 Å². The summed E-state index contributed by atoms with van der Waals surface area (Å²) in [5, 5.41) is 3.31. The van der Waals surface area contributed by atoms with Gasteiger partial charge in [0.15, 0.2) is 5.96 Å². The van der Waals surface area contributed by atoms with Gasteiger partial charge in [-0.05, 0) is 51.9 Å². The highest BCUT2D eigenvalue weighted by atomic mass is 15.2. The molecule has 2 aliphatic rings. The fourth-order valence-corrected chi connectivity index (χ4v) is 3.54. The number of nitrogens with zero attached hydrogens (tertiary/aromatic N) is 3. The Morgan fingerprint density at radius 3 is 2.35 bits per heavy atom. The summed E-state index contributed by atoms with van der Waals surface area (Å²) >= 11 is 0. The zero-order valence-corrected chi connectivity index (χ0v) is 13.1. The third kappa shape index (κ3) is 4.09. The van der Waals surface area contributed by atoms with Crippen LogP contribution in [0.25, 0.3) is 0 Å². The number of rotatable bonds is 6. The molecule has 0 aliphatic carbocycles. The summed E-state index contributed by atoms with van der Waals surface area (Å²) in [6.45, 7) is 10.9. The Balaban J connectivity index is 1.71. The zero-order valence-electron chi connectivity index (χ0n) is 13.1. The molecule has 2 saturated heterocycles. The molecule has 0 saturated carbocycles. The van der Waals surface area contributed by atoms with Gasteiger partial charge < -0.3 is 11.1 Å². The average Bonchev–Trinajstić information content (AvgIpc) is 3.10. The molecule has 0 aromatic carbocycles. The van der Waals surface area contributed by atoms with Gasteiger partial charge in [0.1, 0.15) is 0 Å². The van der Waals surface area contributed by atoms with Crippen molar-refractivity contribution in [3.63, 3.8) is 0 Å². The van der Waals surface area contributed by atoms with Crippen molar-refractivity contribution in [2.75, 3.05) is 39.3 Å². The summed E-state index contributed by atoms with van der Waals surface area (Å²) in [4.78, 5) is 9.57. The molecular formula is C15H31N5. The average molecular weight is 281 g/mol. The van der Waals surface area contributed by atoms with Crippen molar-refractivity contribution >= 4 is 5.96 Å². The third-order valence-electron chi connectivity index (χ3n) is 4.80. The molecule has 5 nitrogen and oxygen atoms in total. The Morgan fingerprint density at radius 1 is 1.10 bits per heavy atom. The second-order valence-electron chi connectivity index (χ2n) is 5.96. The maximum absolute atomic E-state index is 6.01. The fraction of sp³-hybridized carbons (Fsp3) is 0.933. The van der Waals surface area contributed by atoms with Gasteiger partial charge >= 0.3 is 0 Å². The lowest BCUT2D eigenvalue weighted by atomic mass is 10.2. The molecule has 2 heterocycles. The number of nitrogens with one attached hydrogen (secondary N) is 1. The lowest BCUT2D eigenvalue weighted by Crippen LogP contribution is -2.43. The monoisotopic (exact) mass is 281 g/mol. The van der Waals surface area contributed by atoms with Gasteiger partial charge in [0.25, 0.3) is 0 Å². The summed E-state index contributed by atoms with van der Waals surface area (Å²) in [6, 6.07) is 1.23. The number of nitrogens with two attached hydrogens (primary N) is 1.